The van der Waals surface area contributed by atoms with E-state index in [4.69, 9.17) is 5.11 Å². The van der Waals surface area contributed by atoms with E-state index >= 15 is 0 Å². The minimum atomic E-state index is -0.419. The lowest BCUT2D eigenvalue weighted by Crippen LogP contribution is -1.98. The molecule has 0 radical (unpaired) electrons. The summed E-state index contributed by atoms with van der Waals surface area (Å²) in [5.41, 5.74) is 0.843. The Labute approximate surface area is 54.0 Å². The molecule has 0 unspecified atom stereocenters. The number of imidazole rings is 1. The van der Waals surface area contributed by atoms with Crippen LogP contribution in [-0.4, -0.2) is 14.7 Å². The van der Waals surface area contributed by atoms with Crippen LogP contribution in [0.25, 0.3) is 0 Å². The molecule has 1 rings (SSSR count). The molecule has 0 aliphatic carbocycles. The van der Waals surface area contributed by atoms with Crippen LogP contribution in [0.4, 0.5) is 0 Å². The van der Waals surface area contributed by atoms with Crippen molar-refractivity contribution in [1.82, 2.24) is 9.55 Å². The summed E-state index contributed by atoms with van der Waals surface area (Å²) in [6.07, 6.45) is 2.91. The maximum atomic E-state index is 9.03. The van der Waals surface area contributed by atoms with Gasteiger partial charge in [-0.2, -0.15) is 0 Å². The summed E-state index contributed by atoms with van der Waals surface area (Å²) in [5.74, 6) is 0. The largest absolute Gasteiger partial charge is 0.387 e. The molecule has 1 aromatic heterocycles. The van der Waals surface area contributed by atoms with E-state index in [-0.39, 0.29) is 0 Å². The van der Waals surface area contributed by atoms with Crippen molar-refractivity contribution in [2.75, 3.05) is 0 Å². The fourth-order valence-electron chi connectivity index (χ4n) is 0.770. The van der Waals surface area contributed by atoms with Crippen molar-refractivity contribution in [2.45, 2.75) is 13.0 Å². The molecule has 0 spiro atoms. The van der Waals surface area contributed by atoms with E-state index in [1.54, 1.807) is 24.0 Å². The van der Waals surface area contributed by atoms with Crippen LogP contribution in [0, 0.1) is 0 Å². The van der Waals surface area contributed by atoms with Crippen LogP contribution in [0.3, 0.4) is 0 Å². The Bertz CT molecular complexity index is 193. The molecule has 50 valence electrons. The number of hydrogen-bond acceptors (Lipinski definition) is 2. The van der Waals surface area contributed by atoms with Crippen LogP contribution in [0.5, 0.6) is 0 Å². The number of aromatic nitrogens is 2. The van der Waals surface area contributed by atoms with Gasteiger partial charge in [0.15, 0.2) is 0 Å². The Balaban J connectivity index is 2.94. The van der Waals surface area contributed by atoms with E-state index in [1.807, 2.05) is 7.05 Å². The highest BCUT2D eigenvalue weighted by atomic mass is 16.3. The zero-order chi connectivity index (χ0) is 6.85. The van der Waals surface area contributed by atoms with Gasteiger partial charge in [0.25, 0.3) is 0 Å². The lowest BCUT2D eigenvalue weighted by Gasteiger charge is -2.02. The van der Waals surface area contributed by atoms with Crippen molar-refractivity contribution in [2.24, 2.45) is 7.05 Å². The van der Waals surface area contributed by atoms with Crippen molar-refractivity contribution in [3.05, 3.63) is 18.2 Å². The first-order valence-corrected chi connectivity index (χ1v) is 2.86. The van der Waals surface area contributed by atoms with Crippen LogP contribution in [0.15, 0.2) is 12.5 Å². The smallest absolute Gasteiger partial charge is 0.0946 e. The van der Waals surface area contributed by atoms with Crippen molar-refractivity contribution in [3.8, 4) is 0 Å². The molecule has 0 aliphatic heterocycles. The molecular weight excluding hydrogens is 116 g/mol. The maximum Gasteiger partial charge on any atom is 0.0946 e. The second-order valence-corrected chi connectivity index (χ2v) is 2.11. The number of aryl methyl sites for hydroxylation is 1. The first-order chi connectivity index (χ1) is 4.22. The van der Waals surface area contributed by atoms with Gasteiger partial charge in [0, 0.05) is 7.05 Å². The first kappa shape index (κ1) is 6.29. The second kappa shape index (κ2) is 2.19. The average Bonchev–Trinajstić information content (AvgIpc) is 2.13. The molecule has 9 heavy (non-hydrogen) atoms. The van der Waals surface area contributed by atoms with Gasteiger partial charge in [-0.15, -0.1) is 0 Å². The molecule has 0 saturated heterocycles. The quantitative estimate of drug-likeness (QED) is 0.594. The Morgan fingerprint density at radius 1 is 1.78 bits per heavy atom. The highest BCUT2D eigenvalue weighted by molar-refractivity contribution is 4.99. The summed E-state index contributed by atoms with van der Waals surface area (Å²) in [4.78, 5) is 3.85. The number of nitrogens with zero attached hydrogens (tertiary/aromatic N) is 2. The van der Waals surface area contributed by atoms with Gasteiger partial charge in [0.05, 0.1) is 24.3 Å². The van der Waals surface area contributed by atoms with E-state index < -0.39 is 6.10 Å². The fraction of sp³-hybridized carbons (Fsp3) is 0.500. The van der Waals surface area contributed by atoms with E-state index in [9.17, 15) is 0 Å². The van der Waals surface area contributed by atoms with Crippen LogP contribution >= 0.6 is 0 Å². The van der Waals surface area contributed by atoms with Crippen molar-refractivity contribution < 1.29 is 5.11 Å². The fourth-order valence-corrected chi connectivity index (χ4v) is 0.770. The van der Waals surface area contributed by atoms with Gasteiger partial charge in [-0.1, -0.05) is 0 Å². The third-order valence-electron chi connectivity index (χ3n) is 1.28. The van der Waals surface area contributed by atoms with Gasteiger partial charge >= 0.3 is 0 Å². The first-order valence-electron chi connectivity index (χ1n) is 2.86. The predicted octanol–water partition coefficient (Wildman–Crippen LogP) is 0.473. The van der Waals surface area contributed by atoms with Crippen LogP contribution in [0.2, 0.25) is 0 Å². The maximum absolute atomic E-state index is 9.03. The molecule has 0 aromatic carbocycles. The molecule has 3 nitrogen and oxygen atoms in total. The third kappa shape index (κ3) is 1.10. The lowest BCUT2D eigenvalue weighted by molar-refractivity contribution is 0.190. The van der Waals surface area contributed by atoms with E-state index in [0.717, 1.165) is 5.69 Å². The van der Waals surface area contributed by atoms with Crippen LogP contribution in [0.1, 0.15) is 18.7 Å². The molecule has 0 amide bonds. The SMILES string of the molecule is C[C@H](O)c1cncn1C. The van der Waals surface area contributed by atoms with E-state index in [0.29, 0.717) is 0 Å². The number of rotatable bonds is 1. The van der Waals surface area contributed by atoms with Crippen molar-refractivity contribution >= 4 is 0 Å². The van der Waals surface area contributed by atoms with Crippen LogP contribution in [-0.2, 0) is 7.05 Å². The van der Waals surface area contributed by atoms with Gasteiger partial charge < -0.3 is 9.67 Å². The molecule has 1 aromatic rings. The topological polar surface area (TPSA) is 38.1 Å². The zero-order valence-corrected chi connectivity index (χ0v) is 5.57. The van der Waals surface area contributed by atoms with E-state index in [1.165, 1.54) is 0 Å². The van der Waals surface area contributed by atoms with Gasteiger partial charge in [0.1, 0.15) is 0 Å². The monoisotopic (exact) mass is 126 g/mol. The second-order valence-electron chi connectivity index (χ2n) is 2.11. The highest BCUT2D eigenvalue weighted by Gasteiger charge is 2.02. The summed E-state index contributed by atoms with van der Waals surface area (Å²) in [7, 11) is 1.86. The van der Waals surface area contributed by atoms with Gasteiger partial charge in [-0.25, -0.2) is 4.98 Å². The summed E-state index contributed by atoms with van der Waals surface area (Å²) >= 11 is 0. The Hall–Kier alpha value is -0.830. The molecular formula is C6H10N2O. The molecule has 1 atom stereocenters. The number of aliphatic hydroxyl groups is 1. The summed E-state index contributed by atoms with van der Waals surface area (Å²) in [6.45, 7) is 1.72. The molecule has 3 heteroatoms. The van der Waals surface area contributed by atoms with Crippen molar-refractivity contribution in [1.29, 1.82) is 0 Å². The summed E-state index contributed by atoms with van der Waals surface area (Å²) < 4.78 is 1.80. The van der Waals surface area contributed by atoms with Gasteiger partial charge in [-0.05, 0) is 6.92 Å². The third-order valence-corrected chi connectivity index (χ3v) is 1.28. The average molecular weight is 126 g/mol. The molecule has 1 heterocycles. The minimum absolute atomic E-state index is 0.419. The Morgan fingerprint density at radius 3 is 2.67 bits per heavy atom. The van der Waals surface area contributed by atoms with Gasteiger partial charge in [0.2, 0.25) is 0 Å². The van der Waals surface area contributed by atoms with Crippen molar-refractivity contribution in [3.63, 3.8) is 0 Å². The summed E-state index contributed by atoms with van der Waals surface area (Å²) in [5, 5.41) is 9.03. The normalized spacial score (nSPS) is 13.7. The highest BCUT2D eigenvalue weighted by Crippen LogP contribution is 2.07. The minimum Gasteiger partial charge on any atom is -0.387 e. The number of aliphatic hydroxyl groups excluding tert-OH is 1. The van der Waals surface area contributed by atoms with Gasteiger partial charge in [-0.3, -0.25) is 0 Å². The zero-order valence-electron chi connectivity index (χ0n) is 5.57. The molecule has 0 aliphatic rings. The Kier molecular flexibility index (Phi) is 1.53. The molecule has 1 N–H and O–H groups in total. The number of hydrogen-bond donors (Lipinski definition) is 1. The molecule has 0 bridgehead atoms. The van der Waals surface area contributed by atoms with E-state index in [2.05, 4.69) is 4.98 Å². The predicted molar refractivity (Wildman–Crippen MR) is 33.8 cm³/mol. The standard InChI is InChI=1S/C6H10N2O/c1-5(9)6-3-7-4-8(6)2/h3-5,9H,1-2H3/t5-/m0/s1. The molecule has 0 saturated carbocycles. The van der Waals surface area contributed by atoms with Crippen LogP contribution < -0.4 is 0 Å². The Morgan fingerprint density at radius 2 is 2.44 bits per heavy atom. The summed E-state index contributed by atoms with van der Waals surface area (Å²) in [6, 6.07) is 0. The molecule has 0 fully saturated rings. The lowest BCUT2D eigenvalue weighted by atomic mass is 10.3.